The zero-order valence-corrected chi connectivity index (χ0v) is 13.8. The summed E-state index contributed by atoms with van der Waals surface area (Å²) in [6.07, 6.45) is -0.548. The number of benzene rings is 2. The van der Waals surface area contributed by atoms with Crippen molar-refractivity contribution >= 4 is 34.8 Å². The van der Waals surface area contributed by atoms with Crippen LogP contribution in [0.15, 0.2) is 36.4 Å². The minimum absolute atomic E-state index is 0.234. The van der Waals surface area contributed by atoms with E-state index in [0.717, 1.165) is 0 Å². The van der Waals surface area contributed by atoms with Gasteiger partial charge < -0.3 is 20.1 Å². The molecule has 3 rings (SSSR count). The van der Waals surface area contributed by atoms with Gasteiger partial charge in [-0.25, -0.2) is 0 Å². The maximum atomic E-state index is 12.5. The van der Waals surface area contributed by atoms with Crippen molar-refractivity contribution in [2.45, 2.75) is 13.0 Å². The summed E-state index contributed by atoms with van der Waals surface area (Å²) in [6.45, 7) is 1.67. The van der Waals surface area contributed by atoms with Gasteiger partial charge in [0.05, 0.1) is 18.4 Å². The Balaban J connectivity index is 1.84. The number of halogens is 1. The summed E-state index contributed by atoms with van der Waals surface area (Å²) in [5, 5.41) is 5.92. The molecule has 2 amide bonds. The molecule has 0 aromatic heterocycles. The lowest BCUT2D eigenvalue weighted by Gasteiger charge is -2.23. The molecular weight excluding hydrogens is 332 g/mol. The molecule has 2 N–H and O–H groups in total. The van der Waals surface area contributed by atoms with E-state index in [4.69, 9.17) is 21.1 Å². The molecule has 1 atom stereocenters. The van der Waals surface area contributed by atoms with Gasteiger partial charge in [-0.05, 0) is 43.3 Å². The Morgan fingerprint density at radius 3 is 2.83 bits per heavy atom. The van der Waals surface area contributed by atoms with E-state index in [1.54, 1.807) is 37.3 Å². The Kier molecular flexibility index (Phi) is 4.31. The number of hydrogen-bond donors (Lipinski definition) is 2. The first kappa shape index (κ1) is 16.1. The van der Waals surface area contributed by atoms with E-state index >= 15 is 0 Å². The maximum absolute atomic E-state index is 12.5. The molecule has 0 fully saturated rings. The minimum atomic E-state index is -0.548. The predicted octanol–water partition coefficient (Wildman–Crippen LogP) is 3.32. The maximum Gasteiger partial charge on any atom is 0.265 e. The van der Waals surface area contributed by atoms with Crippen molar-refractivity contribution < 1.29 is 19.1 Å². The smallest absolute Gasteiger partial charge is 0.265 e. The molecule has 0 aliphatic carbocycles. The third-order valence-electron chi connectivity index (χ3n) is 3.57. The van der Waals surface area contributed by atoms with Crippen LogP contribution in [0.4, 0.5) is 11.4 Å². The molecule has 1 aliphatic rings. The fourth-order valence-corrected chi connectivity index (χ4v) is 2.51. The molecule has 0 saturated heterocycles. The lowest BCUT2D eigenvalue weighted by molar-refractivity contribution is -0.122. The molecule has 2 aromatic carbocycles. The van der Waals surface area contributed by atoms with E-state index in [9.17, 15) is 9.59 Å². The average Bonchev–Trinajstić information content (AvgIpc) is 2.56. The van der Waals surface area contributed by atoms with Crippen molar-refractivity contribution in [3.8, 4) is 11.5 Å². The predicted molar refractivity (Wildman–Crippen MR) is 91.1 cm³/mol. The van der Waals surface area contributed by atoms with Gasteiger partial charge in [-0.15, -0.1) is 0 Å². The number of carbonyl (C=O) groups excluding carboxylic acids is 2. The average molecular weight is 347 g/mol. The van der Waals surface area contributed by atoms with Crippen molar-refractivity contribution in [1.82, 2.24) is 0 Å². The molecule has 24 heavy (non-hydrogen) atoms. The number of amides is 2. The Morgan fingerprint density at radius 1 is 1.29 bits per heavy atom. The van der Waals surface area contributed by atoms with Gasteiger partial charge in [0, 0.05) is 10.7 Å². The largest absolute Gasteiger partial charge is 0.496 e. The highest BCUT2D eigenvalue weighted by Gasteiger charge is 2.24. The highest BCUT2D eigenvalue weighted by Crippen LogP contribution is 2.32. The number of hydrogen-bond acceptors (Lipinski definition) is 4. The molecule has 0 radical (unpaired) electrons. The van der Waals surface area contributed by atoms with Crippen LogP contribution in [0.3, 0.4) is 0 Å². The minimum Gasteiger partial charge on any atom is -0.496 e. The summed E-state index contributed by atoms with van der Waals surface area (Å²) >= 11 is 5.95. The number of fused-ring (bicyclic) bond motifs is 1. The number of methoxy groups -OCH3 is 1. The third kappa shape index (κ3) is 3.14. The van der Waals surface area contributed by atoms with E-state index in [1.165, 1.54) is 13.2 Å². The molecule has 124 valence electrons. The summed E-state index contributed by atoms with van der Waals surface area (Å²) in [4.78, 5) is 24.1. The van der Waals surface area contributed by atoms with Crippen LogP contribution in [-0.2, 0) is 4.79 Å². The van der Waals surface area contributed by atoms with Crippen LogP contribution in [0, 0.1) is 0 Å². The Hall–Kier alpha value is -2.73. The molecule has 6 nitrogen and oxygen atoms in total. The number of anilines is 2. The second-order valence-electron chi connectivity index (χ2n) is 5.26. The lowest BCUT2D eigenvalue weighted by Crippen LogP contribution is -2.34. The van der Waals surface area contributed by atoms with Crippen LogP contribution in [0.2, 0.25) is 5.02 Å². The SMILES string of the molecule is COc1ccc(Cl)cc1C(=O)Nc1ccc2c(c1)NC(=O)[C@@H](C)O2. The first-order chi connectivity index (χ1) is 11.5. The van der Waals surface area contributed by atoms with E-state index in [1.807, 2.05) is 0 Å². The topological polar surface area (TPSA) is 76.7 Å². The van der Waals surface area contributed by atoms with Gasteiger partial charge in [0.2, 0.25) is 0 Å². The van der Waals surface area contributed by atoms with Crippen LogP contribution >= 0.6 is 11.6 Å². The van der Waals surface area contributed by atoms with Gasteiger partial charge in [-0.1, -0.05) is 11.6 Å². The first-order valence-corrected chi connectivity index (χ1v) is 7.62. The van der Waals surface area contributed by atoms with Crippen LogP contribution < -0.4 is 20.1 Å². The van der Waals surface area contributed by atoms with Crippen LogP contribution in [0.5, 0.6) is 11.5 Å². The monoisotopic (exact) mass is 346 g/mol. The van der Waals surface area contributed by atoms with Crippen molar-refractivity contribution in [1.29, 1.82) is 0 Å². The number of ether oxygens (including phenoxy) is 2. The standard InChI is InChI=1S/C17H15ClN2O4/c1-9-16(21)20-13-8-11(4-6-15(13)24-9)19-17(22)12-7-10(18)3-5-14(12)23-2/h3-9H,1-2H3,(H,19,22)(H,20,21)/t9-/m1/s1. The molecule has 2 aromatic rings. The van der Waals surface area contributed by atoms with Crippen molar-refractivity contribution in [3.05, 3.63) is 47.0 Å². The van der Waals surface area contributed by atoms with Crippen LogP contribution in [-0.4, -0.2) is 25.0 Å². The van der Waals surface area contributed by atoms with Crippen LogP contribution in [0.25, 0.3) is 0 Å². The zero-order valence-electron chi connectivity index (χ0n) is 13.1. The lowest BCUT2D eigenvalue weighted by atomic mass is 10.1. The fraction of sp³-hybridized carbons (Fsp3) is 0.176. The fourth-order valence-electron chi connectivity index (χ4n) is 2.34. The van der Waals surface area contributed by atoms with E-state index in [-0.39, 0.29) is 11.8 Å². The van der Waals surface area contributed by atoms with Crippen molar-refractivity contribution in [3.63, 3.8) is 0 Å². The molecule has 0 saturated carbocycles. The Labute approximate surface area is 143 Å². The number of rotatable bonds is 3. The van der Waals surface area contributed by atoms with E-state index < -0.39 is 6.10 Å². The molecular formula is C17H15ClN2O4. The molecule has 0 spiro atoms. The molecule has 0 unspecified atom stereocenters. The summed E-state index contributed by atoms with van der Waals surface area (Å²) < 4.78 is 10.7. The van der Waals surface area contributed by atoms with Gasteiger partial charge in [0.1, 0.15) is 11.5 Å². The molecule has 1 heterocycles. The van der Waals surface area contributed by atoms with E-state index in [0.29, 0.717) is 33.5 Å². The van der Waals surface area contributed by atoms with Gasteiger partial charge >= 0.3 is 0 Å². The zero-order chi connectivity index (χ0) is 17.3. The van der Waals surface area contributed by atoms with E-state index in [2.05, 4.69) is 10.6 Å². The Morgan fingerprint density at radius 2 is 2.08 bits per heavy atom. The summed E-state index contributed by atoms with van der Waals surface area (Å²) in [5.41, 5.74) is 1.34. The first-order valence-electron chi connectivity index (χ1n) is 7.24. The molecule has 7 heteroatoms. The van der Waals surface area contributed by atoms with Crippen molar-refractivity contribution in [2.75, 3.05) is 17.7 Å². The highest BCUT2D eigenvalue weighted by molar-refractivity contribution is 6.31. The van der Waals surface area contributed by atoms with Crippen molar-refractivity contribution in [2.24, 2.45) is 0 Å². The molecule has 1 aliphatic heterocycles. The Bertz CT molecular complexity index is 822. The quantitative estimate of drug-likeness (QED) is 0.893. The number of nitrogens with one attached hydrogen (secondary N) is 2. The summed E-state index contributed by atoms with van der Waals surface area (Å²) in [7, 11) is 1.48. The highest BCUT2D eigenvalue weighted by atomic mass is 35.5. The van der Waals surface area contributed by atoms with Gasteiger partial charge in [-0.3, -0.25) is 9.59 Å². The van der Waals surface area contributed by atoms with Crippen LogP contribution in [0.1, 0.15) is 17.3 Å². The summed E-state index contributed by atoms with van der Waals surface area (Å²) in [6, 6.07) is 9.81. The van der Waals surface area contributed by atoms with Gasteiger partial charge in [0.15, 0.2) is 6.10 Å². The van der Waals surface area contributed by atoms with Gasteiger partial charge in [0.25, 0.3) is 11.8 Å². The third-order valence-corrected chi connectivity index (χ3v) is 3.81. The normalized spacial score (nSPS) is 15.8. The summed E-state index contributed by atoms with van der Waals surface area (Å²) in [5.74, 6) is 0.369. The molecule has 0 bridgehead atoms. The second-order valence-corrected chi connectivity index (χ2v) is 5.70. The van der Waals surface area contributed by atoms with Gasteiger partial charge in [-0.2, -0.15) is 0 Å². The number of carbonyl (C=O) groups is 2. The second kappa shape index (κ2) is 6.41.